The van der Waals surface area contributed by atoms with Crippen LogP contribution < -0.4 is 5.32 Å². The van der Waals surface area contributed by atoms with Gasteiger partial charge in [-0.2, -0.15) is 0 Å². The standard InChI is InChI=1S/C22H32BNO7/c1-20(2,3)29-19(28)24-13-16(23-30-21(4,5)22(6,7)31-23)12-15-10-14(11-18(26)27)8-9-17(15)25/h8-10,12,25H,11,13H2,1-7H3,(H,24,28)(H,26,27). The van der Waals surface area contributed by atoms with Crippen LogP contribution in [0.5, 0.6) is 5.75 Å². The molecule has 1 heterocycles. The van der Waals surface area contributed by atoms with Crippen molar-refractivity contribution in [3.05, 3.63) is 34.8 Å². The molecule has 0 aromatic heterocycles. The van der Waals surface area contributed by atoms with Crippen LogP contribution in [0.25, 0.3) is 6.08 Å². The highest BCUT2D eigenvalue weighted by atomic mass is 16.7. The molecule has 0 radical (unpaired) electrons. The molecule has 1 saturated heterocycles. The second-order valence-corrected chi connectivity index (χ2v) is 9.63. The van der Waals surface area contributed by atoms with E-state index in [-0.39, 0.29) is 18.7 Å². The highest BCUT2D eigenvalue weighted by Crippen LogP contribution is 2.39. The zero-order valence-corrected chi connectivity index (χ0v) is 19.2. The molecule has 0 atom stereocenters. The highest BCUT2D eigenvalue weighted by molar-refractivity contribution is 6.56. The molecular formula is C22H32BNO7. The number of rotatable bonds is 6. The Morgan fingerprint density at radius 3 is 2.26 bits per heavy atom. The Bertz CT molecular complexity index is 855. The molecule has 0 bridgehead atoms. The molecule has 9 heteroatoms. The predicted molar refractivity (Wildman–Crippen MR) is 118 cm³/mol. The Kier molecular flexibility index (Phi) is 7.12. The van der Waals surface area contributed by atoms with Crippen molar-refractivity contribution in [2.24, 2.45) is 0 Å². The fourth-order valence-electron chi connectivity index (χ4n) is 2.89. The van der Waals surface area contributed by atoms with Crippen molar-refractivity contribution in [2.45, 2.75) is 71.7 Å². The average Bonchev–Trinajstić information content (AvgIpc) is 2.79. The van der Waals surface area contributed by atoms with Gasteiger partial charge in [-0.1, -0.05) is 12.1 Å². The molecular weight excluding hydrogens is 401 g/mol. The van der Waals surface area contributed by atoms with E-state index in [9.17, 15) is 14.7 Å². The van der Waals surface area contributed by atoms with Crippen LogP contribution in [0.2, 0.25) is 0 Å². The molecule has 1 amide bonds. The number of aliphatic carboxylic acids is 1. The number of carboxylic acids is 1. The zero-order chi connectivity index (χ0) is 23.6. The largest absolute Gasteiger partial charge is 0.507 e. The van der Waals surface area contributed by atoms with Gasteiger partial charge in [-0.15, -0.1) is 0 Å². The Balaban J connectivity index is 2.36. The van der Waals surface area contributed by atoms with E-state index < -0.39 is 36.0 Å². The summed E-state index contributed by atoms with van der Waals surface area (Å²) in [4.78, 5) is 23.2. The third-order valence-corrected chi connectivity index (χ3v) is 5.18. The van der Waals surface area contributed by atoms with Crippen LogP contribution in [0.3, 0.4) is 0 Å². The number of alkyl carbamates (subject to hydrolysis) is 1. The number of phenols is 1. The monoisotopic (exact) mass is 433 g/mol. The molecule has 0 unspecified atom stereocenters. The van der Waals surface area contributed by atoms with Crippen LogP contribution in [-0.2, 0) is 25.3 Å². The van der Waals surface area contributed by atoms with Gasteiger partial charge in [-0.05, 0) is 71.6 Å². The molecule has 1 aliphatic heterocycles. The lowest BCUT2D eigenvalue weighted by Crippen LogP contribution is -2.41. The summed E-state index contributed by atoms with van der Waals surface area (Å²) in [6.07, 6.45) is 0.863. The Hall–Kier alpha value is -2.52. The van der Waals surface area contributed by atoms with Crippen LogP contribution in [0.4, 0.5) is 4.79 Å². The van der Waals surface area contributed by atoms with E-state index in [2.05, 4.69) is 5.32 Å². The smallest absolute Gasteiger partial charge is 0.492 e. The minimum absolute atomic E-state index is 0.0274. The number of carbonyl (C=O) groups excluding carboxylic acids is 1. The van der Waals surface area contributed by atoms with Gasteiger partial charge < -0.3 is 29.6 Å². The number of hydrogen-bond donors (Lipinski definition) is 3. The van der Waals surface area contributed by atoms with Gasteiger partial charge in [0.05, 0.1) is 17.6 Å². The van der Waals surface area contributed by atoms with E-state index in [1.54, 1.807) is 39.0 Å². The second kappa shape index (κ2) is 8.92. The van der Waals surface area contributed by atoms with Gasteiger partial charge in [-0.3, -0.25) is 4.79 Å². The van der Waals surface area contributed by atoms with Gasteiger partial charge >= 0.3 is 19.2 Å². The van der Waals surface area contributed by atoms with E-state index in [0.717, 1.165) is 0 Å². The second-order valence-electron chi connectivity index (χ2n) is 9.63. The third-order valence-electron chi connectivity index (χ3n) is 5.18. The SMILES string of the molecule is CC(C)(C)OC(=O)NCC(=Cc1cc(CC(=O)O)ccc1O)B1OC(C)(C)C(C)(C)O1. The number of phenolic OH excluding ortho intramolecular Hbond substituents is 1. The molecule has 1 aliphatic rings. The van der Waals surface area contributed by atoms with Gasteiger partial charge in [-0.25, -0.2) is 4.79 Å². The van der Waals surface area contributed by atoms with Crippen molar-refractivity contribution in [1.82, 2.24) is 5.32 Å². The zero-order valence-electron chi connectivity index (χ0n) is 19.2. The van der Waals surface area contributed by atoms with Crippen molar-refractivity contribution >= 4 is 25.3 Å². The van der Waals surface area contributed by atoms with Crippen molar-refractivity contribution in [3.63, 3.8) is 0 Å². The lowest BCUT2D eigenvalue weighted by Gasteiger charge is -2.32. The van der Waals surface area contributed by atoms with Crippen LogP contribution >= 0.6 is 0 Å². The Morgan fingerprint density at radius 1 is 1.16 bits per heavy atom. The fraction of sp³-hybridized carbons (Fsp3) is 0.545. The van der Waals surface area contributed by atoms with Gasteiger partial charge in [0.1, 0.15) is 11.4 Å². The number of ether oxygens (including phenoxy) is 1. The number of carboxylic acid groups (broad SMARTS) is 1. The first kappa shape index (κ1) is 24.8. The molecule has 170 valence electrons. The van der Waals surface area contributed by atoms with Crippen molar-refractivity contribution in [2.75, 3.05) is 6.54 Å². The summed E-state index contributed by atoms with van der Waals surface area (Å²) in [5, 5.41) is 22.1. The summed E-state index contributed by atoms with van der Waals surface area (Å²) >= 11 is 0. The first-order valence-corrected chi connectivity index (χ1v) is 10.2. The van der Waals surface area contributed by atoms with Crippen molar-refractivity contribution < 1.29 is 33.8 Å². The number of carbonyl (C=O) groups is 2. The van der Waals surface area contributed by atoms with E-state index in [0.29, 0.717) is 16.6 Å². The van der Waals surface area contributed by atoms with Crippen LogP contribution in [-0.4, -0.2) is 52.7 Å². The summed E-state index contributed by atoms with van der Waals surface area (Å²) in [5.74, 6) is -1.00. The summed E-state index contributed by atoms with van der Waals surface area (Å²) in [6, 6.07) is 4.57. The quantitative estimate of drug-likeness (QED) is 0.588. The molecule has 3 N–H and O–H groups in total. The number of benzene rings is 1. The van der Waals surface area contributed by atoms with Crippen LogP contribution in [0.15, 0.2) is 23.7 Å². The van der Waals surface area contributed by atoms with Crippen molar-refractivity contribution in [3.8, 4) is 5.75 Å². The summed E-state index contributed by atoms with van der Waals surface area (Å²) in [6.45, 7) is 13.0. The average molecular weight is 433 g/mol. The van der Waals surface area contributed by atoms with Crippen molar-refractivity contribution in [1.29, 1.82) is 0 Å². The first-order valence-electron chi connectivity index (χ1n) is 10.2. The summed E-state index contributed by atoms with van der Waals surface area (Å²) in [7, 11) is -0.775. The molecule has 1 fully saturated rings. The maximum absolute atomic E-state index is 12.2. The van der Waals surface area contributed by atoms with E-state index in [1.165, 1.54) is 6.07 Å². The molecule has 2 rings (SSSR count). The molecule has 0 spiro atoms. The number of amides is 1. The molecule has 0 saturated carbocycles. The summed E-state index contributed by atoms with van der Waals surface area (Å²) < 4.78 is 17.5. The lowest BCUT2D eigenvalue weighted by atomic mass is 9.76. The Morgan fingerprint density at radius 2 is 1.74 bits per heavy atom. The fourth-order valence-corrected chi connectivity index (χ4v) is 2.89. The van der Waals surface area contributed by atoms with Gasteiger partial charge in [0, 0.05) is 12.1 Å². The van der Waals surface area contributed by atoms with E-state index in [1.807, 2.05) is 27.7 Å². The summed E-state index contributed by atoms with van der Waals surface area (Å²) in [5.41, 5.74) is -0.375. The van der Waals surface area contributed by atoms with Gasteiger partial charge in [0.15, 0.2) is 0 Å². The normalized spacial score (nSPS) is 18.0. The number of nitrogens with one attached hydrogen (secondary N) is 1. The minimum atomic E-state index is -0.974. The van der Waals surface area contributed by atoms with Gasteiger partial charge in [0.2, 0.25) is 0 Å². The predicted octanol–water partition coefficient (Wildman–Crippen LogP) is 3.56. The van der Waals surface area contributed by atoms with Crippen LogP contribution in [0, 0.1) is 0 Å². The molecule has 1 aromatic rings. The van der Waals surface area contributed by atoms with Crippen LogP contribution in [0.1, 0.15) is 59.6 Å². The molecule has 8 nitrogen and oxygen atoms in total. The molecule has 1 aromatic carbocycles. The van der Waals surface area contributed by atoms with E-state index in [4.69, 9.17) is 19.2 Å². The number of hydrogen-bond acceptors (Lipinski definition) is 6. The highest BCUT2D eigenvalue weighted by Gasteiger charge is 2.52. The van der Waals surface area contributed by atoms with E-state index >= 15 is 0 Å². The first-order chi connectivity index (χ1) is 14.1. The lowest BCUT2D eigenvalue weighted by molar-refractivity contribution is -0.136. The number of aromatic hydroxyl groups is 1. The van der Waals surface area contributed by atoms with Gasteiger partial charge in [0.25, 0.3) is 0 Å². The minimum Gasteiger partial charge on any atom is -0.507 e. The Labute approximate surface area is 183 Å². The molecule has 31 heavy (non-hydrogen) atoms. The molecule has 0 aliphatic carbocycles. The topological polar surface area (TPSA) is 114 Å². The third kappa shape index (κ3) is 6.73. The maximum atomic E-state index is 12.2. The maximum Gasteiger partial charge on any atom is 0.492 e.